The summed E-state index contributed by atoms with van der Waals surface area (Å²) >= 11 is 0. The van der Waals surface area contributed by atoms with Gasteiger partial charge in [0.2, 0.25) is 0 Å². The van der Waals surface area contributed by atoms with E-state index in [2.05, 4.69) is 26.4 Å². The SMILES string of the molecule is Nc1ncccc1-c1nc2ccc(-n3cccn3)nc2n1-c1ccc2c(c1)CC[C@@H]2NC(=O)c1cc(C=O)c(O)c2ncoc12. The fourth-order valence-electron chi connectivity index (χ4n) is 5.93. The molecular formula is C32H23N9O4. The Morgan fingerprint density at radius 1 is 1.09 bits per heavy atom. The molecule has 13 nitrogen and oxygen atoms in total. The second-order valence-corrected chi connectivity index (χ2v) is 10.6. The molecule has 1 atom stereocenters. The molecule has 0 unspecified atom stereocenters. The number of nitrogen functional groups attached to an aromatic ring is 1. The molecule has 13 heteroatoms. The summed E-state index contributed by atoms with van der Waals surface area (Å²) in [5.74, 6) is 0.814. The number of rotatable bonds is 6. The number of fused-ring (bicyclic) bond motifs is 3. The molecule has 0 bridgehead atoms. The molecule has 1 aliphatic carbocycles. The molecule has 8 rings (SSSR count). The first-order valence-corrected chi connectivity index (χ1v) is 14.1. The highest BCUT2D eigenvalue weighted by Gasteiger charge is 2.28. The van der Waals surface area contributed by atoms with Crippen LogP contribution in [0.4, 0.5) is 5.82 Å². The maximum Gasteiger partial charge on any atom is 0.255 e. The Morgan fingerprint density at radius 2 is 2.00 bits per heavy atom. The van der Waals surface area contributed by atoms with Crippen LogP contribution in [0.15, 0.2) is 84.0 Å². The number of carbonyl (C=O) groups is 2. The minimum atomic E-state index is -0.438. The first-order valence-electron chi connectivity index (χ1n) is 14.1. The van der Waals surface area contributed by atoms with Crippen molar-refractivity contribution in [2.75, 3.05) is 5.73 Å². The summed E-state index contributed by atoms with van der Waals surface area (Å²) < 4.78 is 9.03. The van der Waals surface area contributed by atoms with E-state index in [-0.39, 0.29) is 34.0 Å². The average Bonchev–Trinajstić information content (AvgIpc) is 3.87. The van der Waals surface area contributed by atoms with Gasteiger partial charge in [-0.15, -0.1) is 0 Å². The number of aldehydes is 1. The Morgan fingerprint density at radius 3 is 2.82 bits per heavy atom. The highest BCUT2D eigenvalue weighted by Crippen LogP contribution is 2.37. The van der Waals surface area contributed by atoms with E-state index in [0.29, 0.717) is 53.3 Å². The second-order valence-electron chi connectivity index (χ2n) is 10.6. The zero-order valence-corrected chi connectivity index (χ0v) is 23.5. The third kappa shape index (κ3) is 4.20. The molecule has 0 fully saturated rings. The van der Waals surface area contributed by atoms with Gasteiger partial charge in [-0.1, -0.05) is 6.07 Å². The van der Waals surface area contributed by atoms with Gasteiger partial charge in [0.15, 0.2) is 46.8 Å². The van der Waals surface area contributed by atoms with Gasteiger partial charge in [-0.25, -0.2) is 24.6 Å². The van der Waals surface area contributed by atoms with Crippen LogP contribution in [0.3, 0.4) is 0 Å². The van der Waals surface area contributed by atoms with E-state index >= 15 is 0 Å². The molecule has 7 aromatic rings. The van der Waals surface area contributed by atoms with Crippen molar-refractivity contribution in [2.24, 2.45) is 0 Å². The van der Waals surface area contributed by atoms with E-state index in [1.807, 2.05) is 53.2 Å². The number of oxazole rings is 1. The lowest BCUT2D eigenvalue weighted by molar-refractivity contribution is 0.0937. The number of carbonyl (C=O) groups excluding carboxylic acids is 2. The Balaban J connectivity index is 1.19. The third-order valence-corrected chi connectivity index (χ3v) is 8.06. The summed E-state index contributed by atoms with van der Waals surface area (Å²) in [6.45, 7) is 0. The number of aromatic hydroxyl groups is 1. The molecule has 220 valence electrons. The number of pyridine rings is 2. The van der Waals surface area contributed by atoms with Crippen molar-refractivity contribution in [1.29, 1.82) is 0 Å². The number of amides is 1. The Labute approximate surface area is 254 Å². The highest BCUT2D eigenvalue weighted by atomic mass is 16.3. The predicted octanol–water partition coefficient (Wildman–Crippen LogP) is 4.33. The summed E-state index contributed by atoms with van der Waals surface area (Å²) in [6.07, 6.45) is 8.13. The highest BCUT2D eigenvalue weighted by molar-refractivity contribution is 6.08. The molecule has 5 aromatic heterocycles. The number of aryl methyl sites for hydroxylation is 1. The maximum atomic E-state index is 13.4. The monoisotopic (exact) mass is 597 g/mol. The third-order valence-electron chi connectivity index (χ3n) is 8.06. The smallest absolute Gasteiger partial charge is 0.255 e. The van der Waals surface area contributed by atoms with Crippen molar-refractivity contribution in [3.63, 3.8) is 0 Å². The van der Waals surface area contributed by atoms with Crippen LogP contribution in [0.1, 0.15) is 44.3 Å². The summed E-state index contributed by atoms with van der Waals surface area (Å²) in [4.78, 5) is 43.0. The number of nitrogens with zero attached hydrogens (tertiary/aromatic N) is 7. The van der Waals surface area contributed by atoms with Crippen molar-refractivity contribution >= 4 is 40.3 Å². The Bertz CT molecular complexity index is 2290. The van der Waals surface area contributed by atoms with E-state index in [4.69, 9.17) is 20.1 Å². The Kier molecular flexibility index (Phi) is 5.91. The molecule has 4 N–H and O–H groups in total. The van der Waals surface area contributed by atoms with E-state index in [1.54, 1.807) is 17.1 Å². The second kappa shape index (κ2) is 10.1. The number of phenolic OH excluding ortho intramolecular Hbond substituents is 1. The molecule has 1 aliphatic rings. The minimum Gasteiger partial charge on any atom is -0.505 e. The van der Waals surface area contributed by atoms with Crippen LogP contribution in [-0.4, -0.2) is 51.6 Å². The van der Waals surface area contributed by atoms with Crippen LogP contribution >= 0.6 is 0 Å². The molecule has 0 radical (unpaired) electrons. The molecule has 0 saturated heterocycles. The molecule has 5 heterocycles. The number of nitrogens with one attached hydrogen (secondary N) is 1. The van der Waals surface area contributed by atoms with Crippen molar-refractivity contribution in [1.82, 2.24) is 39.6 Å². The normalized spacial score (nSPS) is 14.2. The maximum absolute atomic E-state index is 13.4. The molecular weight excluding hydrogens is 574 g/mol. The number of benzene rings is 2. The van der Waals surface area contributed by atoms with Crippen LogP contribution in [0, 0.1) is 0 Å². The number of aromatic nitrogens is 7. The van der Waals surface area contributed by atoms with Gasteiger partial charge in [0.25, 0.3) is 5.91 Å². The van der Waals surface area contributed by atoms with Gasteiger partial charge < -0.3 is 20.6 Å². The Hall–Kier alpha value is -6.37. The molecule has 0 spiro atoms. The first kappa shape index (κ1) is 26.3. The first-order chi connectivity index (χ1) is 22.0. The van der Waals surface area contributed by atoms with Crippen LogP contribution in [0.2, 0.25) is 0 Å². The van der Waals surface area contributed by atoms with Crippen molar-refractivity contribution < 1.29 is 19.1 Å². The fourth-order valence-corrected chi connectivity index (χ4v) is 5.93. The average molecular weight is 598 g/mol. The van der Waals surface area contributed by atoms with Gasteiger partial charge >= 0.3 is 0 Å². The summed E-state index contributed by atoms with van der Waals surface area (Å²) in [7, 11) is 0. The molecule has 0 aliphatic heterocycles. The minimum absolute atomic E-state index is 0.0417. The molecule has 0 saturated carbocycles. The molecule has 1 amide bonds. The fraction of sp³-hybridized carbons (Fsp3) is 0.0938. The lowest BCUT2D eigenvalue weighted by Gasteiger charge is -2.16. The number of hydrogen-bond acceptors (Lipinski definition) is 10. The van der Waals surface area contributed by atoms with E-state index < -0.39 is 5.91 Å². The van der Waals surface area contributed by atoms with Crippen molar-refractivity contribution in [3.05, 3.63) is 102 Å². The van der Waals surface area contributed by atoms with Crippen LogP contribution < -0.4 is 11.1 Å². The van der Waals surface area contributed by atoms with Gasteiger partial charge in [-0.2, -0.15) is 5.10 Å². The van der Waals surface area contributed by atoms with Gasteiger partial charge in [0, 0.05) is 24.3 Å². The standard InChI is InChI=1S/C32H23N9O4/c33-29-21(3-1-10-34-29)30-37-24-8-9-25(40-12-2-11-36-40)39-31(24)41(30)19-5-6-20-17(13-19)4-7-23(20)38-32(44)22-14-18(15-42)27(43)26-28(22)45-16-35-26/h1-3,5-6,8-16,23,43H,4,7H2,(H2,33,34)(H,38,44)/t23-/m0/s1. The quantitative estimate of drug-likeness (QED) is 0.234. The largest absolute Gasteiger partial charge is 0.505 e. The summed E-state index contributed by atoms with van der Waals surface area (Å²) in [5, 5.41) is 17.7. The van der Waals surface area contributed by atoms with Crippen LogP contribution in [0.25, 0.3) is 45.2 Å². The van der Waals surface area contributed by atoms with E-state index in [1.165, 1.54) is 6.07 Å². The zero-order chi connectivity index (χ0) is 30.7. The molecule has 2 aromatic carbocycles. The van der Waals surface area contributed by atoms with E-state index in [9.17, 15) is 14.7 Å². The lowest BCUT2D eigenvalue weighted by Crippen LogP contribution is -2.27. The number of nitrogens with two attached hydrogens (primary N) is 1. The van der Waals surface area contributed by atoms with Crippen LogP contribution in [0.5, 0.6) is 5.75 Å². The summed E-state index contributed by atoms with van der Waals surface area (Å²) in [5.41, 5.74) is 11.4. The van der Waals surface area contributed by atoms with E-state index in [0.717, 1.165) is 23.2 Å². The molecule has 45 heavy (non-hydrogen) atoms. The number of phenols is 1. The van der Waals surface area contributed by atoms with Crippen molar-refractivity contribution in [3.8, 4) is 28.6 Å². The number of anilines is 1. The number of hydrogen-bond donors (Lipinski definition) is 3. The number of imidazole rings is 1. The zero-order valence-electron chi connectivity index (χ0n) is 23.5. The van der Waals surface area contributed by atoms with Crippen LogP contribution in [-0.2, 0) is 6.42 Å². The summed E-state index contributed by atoms with van der Waals surface area (Å²) in [6, 6.07) is 16.3. The topological polar surface area (TPSA) is 180 Å². The van der Waals surface area contributed by atoms with Gasteiger partial charge in [0.05, 0.1) is 22.7 Å². The van der Waals surface area contributed by atoms with Gasteiger partial charge in [-0.05, 0) is 72.5 Å². The van der Waals surface area contributed by atoms with Crippen molar-refractivity contribution in [2.45, 2.75) is 18.9 Å². The lowest BCUT2D eigenvalue weighted by atomic mass is 10.0. The predicted molar refractivity (Wildman–Crippen MR) is 163 cm³/mol. The van der Waals surface area contributed by atoms with Gasteiger partial charge in [-0.3, -0.25) is 14.2 Å². The van der Waals surface area contributed by atoms with Gasteiger partial charge in [0.1, 0.15) is 11.3 Å².